The van der Waals surface area contributed by atoms with E-state index in [1.807, 2.05) is 6.92 Å². The lowest BCUT2D eigenvalue weighted by Crippen LogP contribution is -2.08. The average Bonchev–Trinajstić information content (AvgIpc) is 3.02. The maximum Gasteiger partial charge on any atom is 0.130 e. The molecule has 1 atom stereocenters. The molecule has 0 amide bonds. The Balaban J connectivity index is 1.72. The molecule has 1 aromatic heterocycles. The van der Waals surface area contributed by atoms with Crippen LogP contribution < -0.4 is 5.32 Å². The summed E-state index contributed by atoms with van der Waals surface area (Å²) in [4.78, 5) is 9.06. The maximum absolute atomic E-state index is 5.46. The number of rotatable bonds is 4. The lowest BCUT2D eigenvalue weighted by Gasteiger charge is -2.12. The Bertz CT molecular complexity index is 663. The Labute approximate surface area is 132 Å². The number of benzene rings is 1. The van der Waals surface area contributed by atoms with Gasteiger partial charge in [-0.25, -0.2) is 9.97 Å². The van der Waals surface area contributed by atoms with E-state index in [0.717, 1.165) is 43.5 Å². The number of ether oxygens (including phenoxy) is 1. The zero-order valence-corrected chi connectivity index (χ0v) is 13.5. The summed E-state index contributed by atoms with van der Waals surface area (Å²) in [6.45, 7) is 8.60. The third-order valence-electron chi connectivity index (χ3n) is 4.25. The van der Waals surface area contributed by atoms with E-state index in [-0.39, 0.29) is 0 Å². The number of hydrogen-bond donors (Lipinski definition) is 1. The molecule has 1 aromatic carbocycles. The number of aromatic nitrogens is 2. The summed E-state index contributed by atoms with van der Waals surface area (Å²) in [5.41, 5.74) is 5.00. The minimum atomic E-state index is 0.406. The summed E-state index contributed by atoms with van der Waals surface area (Å²) in [7, 11) is 0. The van der Waals surface area contributed by atoms with Gasteiger partial charge >= 0.3 is 0 Å². The van der Waals surface area contributed by atoms with Crippen LogP contribution in [0.2, 0.25) is 0 Å². The standard InChI is InChI=1S/C18H23N3O/c1-12-4-5-15(8-13(12)2)10-19-18-9-17(20-14(3)21-18)16-6-7-22-11-16/h4-5,8-9,16H,6-7,10-11H2,1-3H3,(H,19,20,21). The van der Waals surface area contributed by atoms with Gasteiger partial charge in [-0.3, -0.25) is 0 Å². The van der Waals surface area contributed by atoms with Crippen LogP contribution >= 0.6 is 0 Å². The highest BCUT2D eigenvalue weighted by Crippen LogP contribution is 2.25. The topological polar surface area (TPSA) is 47.0 Å². The molecule has 0 aliphatic carbocycles. The van der Waals surface area contributed by atoms with E-state index in [1.165, 1.54) is 16.7 Å². The van der Waals surface area contributed by atoms with Crippen LogP contribution in [0.1, 0.15) is 40.5 Å². The molecule has 1 unspecified atom stereocenters. The van der Waals surface area contributed by atoms with Gasteiger partial charge in [0.2, 0.25) is 0 Å². The molecule has 1 fully saturated rings. The second-order valence-corrected chi connectivity index (χ2v) is 6.06. The van der Waals surface area contributed by atoms with Crippen LogP contribution in [0.3, 0.4) is 0 Å². The van der Waals surface area contributed by atoms with Crippen LogP contribution in [-0.2, 0) is 11.3 Å². The quantitative estimate of drug-likeness (QED) is 0.938. The van der Waals surface area contributed by atoms with E-state index in [9.17, 15) is 0 Å². The first-order valence-electron chi connectivity index (χ1n) is 7.85. The van der Waals surface area contributed by atoms with Crippen LogP contribution in [-0.4, -0.2) is 23.2 Å². The van der Waals surface area contributed by atoms with Crippen molar-refractivity contribution in [2.24, 2.45) is 0 Å². The van der Waals surface area contributed by atoms with E-state index >= 15 is 0 Å². The number of anilines is 1. The molecule has 4 nitrogen and oxygen atoms in total. The molecule has 116 valence electrons. The summed E-state index contributed by atoms with van der Waals surface area (Å²) in [6.07, 6.45) is 1.05. The highest BCUT2D eigenvalue weighted by molar-refractivity contribution is 5.39. The molecule has 4 heteroatoms. The third kappa shape index (κ3) is 3.45. The van der Waals surface area contributed by atoms with Gasteiger partial charge in [-0.15, -0.1) is 0 Å². The van der Waals surface area contributed by atoms with Gasteiger partial charge in [0.25, 0.3) is 0 Å². The zero-order chi connectivity index (χ0) is 15.5. The fourth-order valence-corrected chi connectivity index (χ4v) is 2.76. The molecule has 2 heterocycles. The van der Waals surface area contributed by atoms with Crippen LogP contribution in [0.4, 0.5) is 5.82 Å². The fourth-order valence-electron chi connectivity index (χ4n) is 2.76. The molecule has 1 saturated heterocycles. The Morgan fingerprint density at radius 2 is 2.00 bits per heavy atom. The van der Waals surface area contributed by atoms with Crippen molar-refractivity contribution in [2.75, 3.05) is 18.5 Å². The summed E-state index contributed by atoms with van der Waals surface area (Å²) in [5, 5.41) is 3.42. The van der Waals surface area contributed by atoms with Crippen molar-refractivity contribution in [3.05, 3.63) is 52.5 Å². The SMILES string of the molecule is Cc1nc(NCc2ccc(C)c(C)c2)cc(C2CCOC2)n1. The van der Waals surface area contributed by atoms with Gasteiger partial charge in [0.1, 0.15) is 11.6 Å². The van der Waals surface area contributed by atoms with Gasteiger partial charge in [-0.2, -0.15) is 0 Å². The van der Waals surface area contributed by atoms with Crippen molar-refractivity contribution in [1.29, 1.82) is 0 Å². The largest absolute Gasteiger partial charge is 0.381 e. The first kappa shape index (κ1) is 15.0. The molecule has 1 aliphatic heterocycles. The van der Waals surface area contributed by atoms with Crippen molar-refractivity contribution in [3.63, 3.8) is 0 Å². The molecule has 2 aromatic rings. The summed E-state index contributed by atoms with van der Waals surface area (Å²) >= 11 is 0. The van der Waals surface area contributed by atoms with Crippen molar-refractivity contribution in [2.45, 2.75) is 39.7 Å². The molecule has 22 heavy (non-hydrogen) atoms. The predicted octanol–water partition coefficient (Wildman–Crippen LogP) is 3.52. The number of nitrogens with zero attached hydrogens (tertiary/aromatic N) is 2. The maximum atomic E-state index is 5.46. The monoisotopic (exact) mass is 297 g/mol. The van der Waals surface area contributed by atoms with Crippen molar-refractivity contribution in [1.82, 2.24) is 9.97 Å². The number of aryl methyl sites for hydroxylation is 3. The Hall–Kier alpha value is -1.94. The summed E-state index contributed by atoms with van der Waals surface area (Å²) < 4.78 is 5.46. The molecule has 1 N–H and O–H groups in total. The van der Waals surface area contributed by atoms with Crippen LogP contribution in [0.25, 0.3) is 0 Å². The molecule has 0 spiro atoms. The van der Waals surface area contributed by atoms with Gasteiger partial charge in [0, 0.05) is 25.1 Å². The van der Waals surface area contributed by atoms with Gasteiger partial charge in [-0.05, 0) is 43.9 Å². The first-order chi connectivity index (χ1) is 10.6. The third-order valence-corrected chi connectivity index (χ3v) is 4.25. The normalized spacial score (nSPS) is 17.7. The summed E-state index contributed by atoms with van der Waals surface area (Å²) in [5.74, 6) is 2.11. The molecule has 3 rings (SSSR count). The predicted molar refractivity (Wildman–Crippen MR) is 88.2 cm³/mol. The molecule has 0 bridgehead atoms. The van der Waals surface area contributed by atoms with Crippen molar-refractivity contribution >= 4 is 5.82 Å². The first-order valence-corrected chi connectivity index (χ1v) is 7.85. The van der Waals surface area contributed by atoms with Crippen molar-refractivity contribution in [3.8, 4) is 0 Å². The molecular weight excluding hydrogens is 274 g/mol. The number of nitrogens with one attached hydrogen (secondary N) is 1. The van der Waals surface area contributed by atoms with Crippen LogP contribution in [0.5, 0.6) is 0 Å². The molecule has 1 aliphatic rings. The minimum absolute atomic E-state index is 0.406. The smallest absolute Gasteiger partial charge is 0.130 e. The Kier molecular flexibility index (Phi) is 4.39. The Morgan fingerprint density at radius 1 is 1.14 bits per heavy atom. The van der Waals surface area contributed by atoms with E-state index in [1.54, 1.807) is 0 Å². The highest BCUT2D eigenvalue weighted by atomic mass is 16.5. The Morgan fingerprint density at radius 3 is 2.73 bits per heavy atom. The average molecular weight is 297 g/mol. The van der Waals surface area contributed by atoms with Gasteiger partial charge in [-0.1, -0.05) is 18.2 Å². The summed E-state index contributed by atoms with van der Waals surface area (Å²) in [6, 6.07) is 8.61. The minimum Gasteiger partial charge on any atom is -0.381 e. The number of hydrogen-bond acceptors (Lipinski definition) is 4. The lowest BCUT2D eigenvalue weighted by molar-refractivity contribution is 0.193. The second-order valence-electron chi connectivity index (χ2n) is 6.06. The zero-order valence-electron chi connectivity index (χ0n) is 13.5. The fraction of sp³-hybridized carbons (Fsp3) is 0.444. The van der Waals surface area contributed by atoms with Crippen LogP contribution in [0, 0.1) is 20.8 Å². The molecule has 0 radical (unpaired) electrons. The highest BCUT2D eigenvalue weighted by Gasteiger charge is 2.20. The molecule has 0 saturated carbocycles. The van der Waals surface area contributed by atoms with E-state index in [2.05, 4.69) is 53.4 Å². The second kappa shape index (κ2) is 6.44. The van der Waals surface area contributed by atoms with Gasteiger partial charge in [0.15, 0.2) is 0 Å². The molecular formula is C18H23N3O. The van der Waals surface area contributed by atoms with E-state index in [0.29, 0.717) is 5.92 Å². The van der Waals surface area contributed by atoms with E-state index < -0.39 is 0 Å². The van der Waals surface area contributed by atoms with Gasteiger partial charge < -0.3 is 10.1 Å². The lowest BCUT2D eigenvalue weighted by atomic mass is 10.0. The van der Waals surface area contributed by atoms with Crippen LogP contribution in [0.15, 0.2) is 24.3 Å². The van der Waals surface area contributed by atoms with E-state index in [4.69, 9.17) is 4.74 Å². The van der Waals surface area contributed by atoms with Crippen molar-refractivity contribution < 1.29 is 4.74 Å². The van der Waals surface area contributed by atoms with Gasteiger partial charge in [0.05, 0.1) is 12.3 Å².